The lowest BCUT2D eigenvalue weighted by Crippen LogP contribution is -2.37. The van der Waals surface area contributed by atoms with Crippen LogP contribution < -0.4 is 0 Å². The third kappa shape index (κ3) is 3.42. The van der Waals surface area contributed by atoms with E-state index in [1.165, 1.54) is 12.1 Å². The normalized spacial score (nSPS) is 34.9. The molecule has 128 valence electrons. The van der Waals surface area contributed by atoms with Crippen molar-refractivity contribution in [1.29, 1.82) is 0 Å². The van der Waals surface area contributed by atoms with Crippen LogP contribution in [0.5, 0.6) is 0 Å². The lowest BCUT2D eigenvalue weighted by molar-refractivity contribution is -0.217. The molecule has 2 saturated heterocycles. The molecule has 5 atom stereocenters. The standard InChI is InChI=1S/C15H20O7S/c1-9-4-6-10(7-5-9)23(17,18)19-8-11-12(16)13-14(20-11)22-15(2,3)21-13/h4-7,11-14,16H,8H2,1-3H3/t11-,12?,13+,14+/m1/s1/i8D/t8?,11-,12?,13+,14+. The first kappa shape index (κ1) is 15.5. The summed E-state index contributed by atoms with van der Waals surface area (Å²) in [5, 5.41) is 10.2. The number of rotatable bonds is 4. The highest BCUT2D eigenvalue weighted by atomic mass is 32.2. The highest BCUT2D eigenvalue weighted by Crippen LogP contribution is 2.37. The molecule has 2 fully saturated rings. The van der Waals surface area contributed by atoms with Crippen molar-refractivity contribution in [2.24, 2.45) is 0 Å². The first-order valence-corrected chi connectivity index (χ1v) is 8.61. The van der Waals surface area contributed by atoms with Crippen LogP contribution in [0.2, 0.25) is 0 Å². The van der Waals surface area contributed by atoms with E-state index in [9.17, 15) is 13.5 Å². The van der Waals surface area contributed by atoms with Gasteiger partial charge in [-0.1, -0.05) is 17.7 Å². The number of hydrogen-bond donors (Lipinski definition) is 1. The Bertz CT molecular complexity index is 703. The minimum Gasteiger partial charge on any atom is -0.387 e. The molecular weight excluding hydrogens is 324 g/mol. The van der Waals surface area contributed by atoms with Gasteiger partial charge in [0.1, 0.15) is 18.3 Å². The number of aryl methyl sites for hydroxylation is 1. The van der Waals surface area contributed by atoms with Crippen LogP contribution in [0.25, 0.3) is 0 Å². The predicted molar refractivity (Wildman–Crippen MR) is 79.0 cm³/mol. The number of aliphatic hydroxyl groups is 1. The van der Waals surface area contributed by atoms with E-state index in [0.717, 1.165) is 5.56 Å². The molecule has 2 heterocycles. The zero-order valence-corrected chi connectivity index (χ0v) is 13.8. The summed E-state index contributed by atoms with van der Waals surface area (Å²) in [7, 11) is -4.14. The van der Waals surface area contributed by atoms with Crippen molar-refractivity contribution in [1.82, 2.24) is 0 Å². The minimum atomic E-state index is -4.14. The fourth-order valence-electron chi connectivity index (χ4n) is 2.52. The lowest BCUT2D eigenvalue weighted by Gasteiger charge is -2.22. The molecule has 1 aromatic rings. The van der Waals surface area contributed by atoms with Gasteiger partial charge >= 0.3 is 0 Å². The summed E-state index contributed by atoms with van der Waals surface area (Å²) >= 11 is 0. The molecule has 3 rings (SSSR count). The number of hydrogen-bond acceptors (Lipinski definition) is 7. The van der Waals surface area contributed by atoms with Crippen LogP contribution in [0.15, 0.2) is 29.2 Å². The largest absolute Gasteiger partial charge is 0.387 e. The first-order valence-electron chi connectivity index (χ1n) is 7.78. The molecule has 7 nitrogen and oxygen atoms in total. The SMILES string of the molecule is [2H]C(OS(=O)(=O)c1ccc(C)cc1)[C@H]1O[C@H]2OC(C)(C)O[C@H]2C1O. The van der Waals surface area contributed by atoms with Gasteiger partial charge in [0.05, 0.1) is 12.8 Å². The van der Waals surface area contributed by atoms with Crippen LogP contribution in [-0.2, 0) is 28.5 Å². The molecule has 1 N–H and O–H groups in total. The third-order valence-electron chi connectivity index (χ3n) is 3.68. The molecule has 0 aromatic heterocycles. The number of fused-ring (bicyclic) bond motifs is 1. The van der Waals surface area contributed by atoms with Crippen LogP contribution in [0, 0.1) is 6.92 Å². The Kier molecular flexibility index (Phi) is 3.91. The van der Waals surface area contributed by atoms with Crippen molar-refractivity contribution >= 4 is 10.1 Å². The highest BCUT2D eigenvalue weighted by Gasteiger charge is 2.54. The summed E-state index contributed by atoms with van der Waals surface area (Å²) in [5.74, 6) is -0.909. The van der Waals surface area contributed by atoms with Crippen LogP contribution >= 0.6 is 0 Å². The van der Waals surface area contributed by atoms with Gasteiger partial charge in [-0.05, 0) is 32.9 Å². The zero-order valence-electron chi connectivity index (χ0n) is 14.0. The molecular formula is C15H20O7S. The molecule has 0 saturated carbocycles. The van der Waals surface area contributed by atoms with E-state index < -0.39 is 47.1 Å². The van der Waals surface area contributed by atoms with E-state index in [1.54, 1.807) is 26.0 Å². The van der Waals surface area contributed by atoms with Crippen molar-refractivity contribution in [3.63, 3.8) is 0 Å². The number of benzene rings is 1. The molecule has 2 unspecified atom stereocenters. The van der Waals surface area contributed by atoms with Crippen molar-refractivity contribution in [2.75, 3.05) is 6.58 Å². The van der Waals surface area contributed by atoms with Gasteiger partial charge in [0.2, 0.25) is 0 Å². The number of ether oxygens (including phenoxy) is 3. The van der Waals surface area contributed by atoms with Gasteiger partial charge in [0, 0.05) is 0 Å². The molecule has 0 spiro atoms. The van der Waals surface area contributed by atoms with Gasteiger partial charge in [0.25, 0.3) is 10.1 Å². The molecule has 2 aliphatic rings. The van der Waals surface area contributed by atoms with Crippen molar-refractivity contribution in [3.05, 3.63) is 29.8 Å². The Hall–Kier alpha value is -1.03. The summed E-state index contributed by atoms with van der Waals surface area (Å²) in [6.45, 7) is 3.53. The lowest BCUT2D eigenvalue weighted by atomic mass is 10.1. The Labute approximate surface area is 136 Å². The Morgan fingerprint density at radius 3 is 2.57 bits per heavy atom. The predicted octanol–water partition coefficient (Wildman–Crippen LogP) is 0.938. The van der Waals surface area contributed by atoms with Crippen LogP contribution in [0.3, 0.4) is 0 Å². The van der Waals surface area contributed by atoms with E-state index in [4.69, 9.17) is 19.8 Å². The maximum Gasteiger partial charge on any atom is 0.297 e. The quantitative estimate of drug-likeness (QED) is 0.812. The minimum absolute atomic E-state index is 0.0633. The summed E-state index contributed by atoms with van der Waals surface area (Å²) in [6.07, 6.45) is -4.08. The van der Waals surface area contributed by atoms with Crippen LogP contribution in [0.1, 0.15) is 20.8 Å². The fraction of sp³-hybridized carbons (Fsp3) is 0.600. The van der Waals surface area contributed by atoms with Gasteiger partial charge in [-0.25, -0.2) is 0 Å². The summed E-state index contributed by atoms with van der Waals surface area (Å²) in [6, 6.07) is 6.05. The molecule has 0 aliphatic carbocycles. The second kappa shape index (κ2) is 5.80. The van der Waals surface area contributed by atoms with Gasteiger partial charge < -0.3 is 19.3 Å². The molecule has 1 aromatic carbocycles. The van der Waals surface area contributed by atoms with Gasteiger partial charge in [-0.2, -0.15) is 8.42 Å². The maximum atomic E-state index is 12.2. The Morgan fingerprint density at radius 1 is 1.30 bits per heavy atom. The number of aliphatic hydroxyl groups excluding tert-OH is 1. The smallest absolute Gasteiger partial charge is 0.297 e. The van der Waals surface area contributed by atoms with Gasteiger partial charge in [-0.15, -0.1) is 0 Å². The first-order chi connectivity index (χ1) is 11.1. The van der Waals surface area contributed by atoms with Crippen LogP contribution in [0.4, 0.5) is 0 Å². The van der Waals surface area contributed by atoms with Crippen molar-refractivity contribution in [3.8, 4) is 0 Å². The van der Waals surface area contributed by atoms with Crippen molar-refractivity contribution < 1.29 is 33.3 Å². The van der Waals surface area contributed by atoms with Crippen LogP contribution in [-0.4, -0.2) is 50.5 Å². The van der Waals surface area contributed by atoms with Gasteiger partial charge in [-0.3, -0.25) is 4.18 Å². The van der Waals surface area contributed by atoms with E-state index >= 15 is 0 Å². The third-order valence-corrected chi connectivity index (χ3v) is 4.89. The average molecular weight is 345 g/mol. The second-order valence-corrected chi connectivity index (χ2v) is 7.63. The summed E-state index contributed by atoms with van der Waals surface area (Å²) in [4.78, 5) is -0.0633. The fourth-order valence-corrected chi connectivity index (χ4v) is 3.35. The Balaban J connectivity index is 1.70. The van der Waals surface area contributed by atoms with Gasteiger partial charge in [0.15, 0.2) is 12.1 Å². The Morgan fingerprint density at radius 2 is 1.96 bits per heavy atom. The molecule has 23 heavy (non-hydrogen) atoms. The van der Waals surface area contributed by atoms with E-state index in [1.807, 2.05) is 6.92 Å². The zero-order chi connectivity index (χ0) is 17.7. The monoisotopic (exact) mass is 345 g/mol. The molecule has 0 radical (unpaired) electrons. The van der Waals surface area contributed by atoms with E-state index in [-0.39, 0.29) is 4.90 Å². The van der Waals surface area contributed by atoms with E-state index in [2.05, 4.69) is 0 Å². The molecule has 0 amide bonds. The molecule has 2 aliphatic heterocycles. The topological polar surface area (TPSA) is 91.3 Å². The average Bonchev–Trinajstić information content (AvgIpc) is 2.92. The second-order valence-electron chi connectivity index (χ2n) is 6.06. The summed E-state index contributed by atoms with van der Waals surface area (Å²) < 4.78 is 53.6. The summed E-state index contributed by atoms with van der Waals surface area (Å²) in [5.41, 5.74) is 0.899. The molecule has 8 heteroatoms. The van der Waals surface area contributed by atoms with E-state index in [0.29, 0.717) is 0 Å². The van der Waals surface area contributed by atoms with Crippen molar-refractivity contribution in [2.45, 2.75) is 56.1 Å². The highest BCUT2D eigenvalue weighted by molar-refractivity contribution is 7.86. The molecule has 0 bridgehead atoms. The maximum absolute atomic E-state index is 12.2.